The van der Waals surface area contributed by atoms with Crippen molar-refractivity contribution in [3.8, 4) is 0 Å². The van der Waals surface area contributed by atoms with E-state index in [1.54, 1.807) is 36.4 Å². The maximum Gasteiger partial charge on any atom is 0.241 e. The Labute approximate surface area is 238 Å². The zero-order valence-electron chi connectivity index (χ0n) is 22.2. The molecule has 3 amide bonds. The number of carbonyl (C=O) groups excluding carboxylic acids is 3. The standard InChI is InChI=1S/C30H31ClN6O3/c1-35-13-15-36(16-14-35)19-27(39)37(18-26(32)38)23-10-8-22(9-11-23)33-29(20-5-3-2-4-6-20)28-24-12-7-21(31)17-25(24)34-30(28)40/h2-12,17,28H,13-16,18-19H2,1H3,(H2,32,38)(H,34,40). The van der Waals surface area contributed by atoms with Crippen molar-refractivity contribution in [3.05, 3.63) is 88.9 Å². The van der Waals surface area contributed by atoms with Crippen LogP contribution in [0, 0.1) is 0 Å². The van der Waals surface area contributed by atoms with Crippen LogP contribution in [0.5, 0.6) is 0 Å². The first-order valence-corrected chi connectivity index (χ1v) is 13.5. The number of likely N-dealkylation sites (N-methyl/N-ethyl adjacent to an activating group) is 1. The molecule has 9 nitrogen and oxygen atoms in total. The first-order chi connectivity index (χ1) is 19.3. The van der Waals surface area contributed by atoms with E-state index in [1.165, 1.54) is 4.90 Å². The van der Waals surface area contributed by atoms with Gasteiger partial charge in [0.15, 0.2) is 0 Å². The zero-order valence-corrected chi connectivity index (χ0v) is 23.0. The molecule has 2 aliphatic heterocycles. The number of rotatable bonds is 8. The molecule has 3 aromatic carbocycles. The van der Waals surface area contributed by atoms with Gasteiger partial charge in [0.2, 0.25) is 17.7 Å². The number of carbonyl (C=O) groups is 3. The Morgan fingerprint density at radius 2 is 1.73 bits per heavy atom. The number of primary amides is 1. The Hall–Kier alpha value is -4.05. The number of aliphatic imine (C=N–C) groups is 1. The molecule has 0 bridgehead atoms. The van der Waals surface area contributed by atoms with Gasteiger partial charge in [-0.2, -0.15) is 0 Å². The predicted molar refractivity (Wildman–Crippen MR) is 157 cm³/mol. The summed E-state index contributed by atoms with van der Waals surface area (Å²) in [5, 5.41) is 3.45. The van der Waals surface area contributed by atoms with E-state index in [2.05, 4.69) is 22.2 Å². The number of hydrogen-bond donors (Lipinski definition) is 2. The summed E-state index contributed by atoms with van der Waals surface area (Å²) in [6.07, 6.45) is 0. The maximum absolute atomic E-state index is 13.2. The van der Waals surface area contributed by atoms with E-state index in [1.807, 2.05) is 36.4 Å². The van der Waals surface area contributed by atoms with Crippen LogP contribution in [-0.2, 0) is 14.4 Å². The third-order valence-electron chi connectivity index (χ3n) is 7.17. The van der Waals surface area contributed by atoms with Crippen LogP contribution in [0.15, 0.2) is 77.8 Å². The van der Waals surface area contributed by atoms with Crippen LogP contribution in [0.25, 0.3) is 0 Å². The molecule has 0 radical (unpaired) electrons. The van der Waals surface area contributed by atoms with Gasteiger partial charge in [-0.3, -0.25) is 24.3 Å². The molecular weight excluding hydrogens is 528 g/mol. The number of fused-ring (bicyclic) bond motifs is 1. The number of amides is 3. The van der Waals surface area contributed by atoms with Gasteiger partial charge < -0.3 is 20.9 Å². The van der Waals surface area contributed by atoms with Crippen LogP contribution in [-0.4, -0.2) is 79.5 Å². The van der Waals surface area contributed by atoms with Crippen molar-refractivity contribution in [1.29, 1.82) is 0 Å². The van der Waals surface area contributed by atoms with Crippen molar-refractivity contribution in [2.24, 2.45) is 10.7 Å². The van der Waals surface area contributed by atoms with Crippen molar-refractivity contribution in [1.82, 2.24) is 9.80 Å². The molecule has 2 aliphatic rings. The summed E-state index contributed by atoms with van der Waals surface area (Å²) in [6.45, 7) is 3.33. The monoisotopic (exact) mass is 558 g/mol. The smallest absolute Gasteiger partial charge is 0.241 e. The maximum atomic E-state index is 13.2. The molecule has 1 unspecified atom stereocenters. The number of hydrogen-bond acceptors (Lipinski definition) is 6. The molecule has 3 aromatic rings. The van der Waals surface area contributed by atoms with Crippen molar-refractivity contribution in [3.63, 3.8) is 0 Å². The van der Waals surface area contributed by atoms with Gasteiger partial charge in [-0.25, -0.2) is 0 Å². The number of benzene rings is 3. The Morgan fingerprint density at radius 1 is 1.02 bits per heavy atom. The third-order valence-corrected chi connectivity index (χ3v) is 7.41. The lowest BCUT2D eigenvalue weighted by molar-refractivity contribution is -0.123. The van der Waals surface area contributed by atoms with Gasteiger partial charge in [0, 0.05) is 42.6 Å². The molecule has 40 heavy (non-hydrogen) atoms. The average Bonchev–Trinajstić information content (AvgIpc) is 3.26. The van der Waals surface area contributed by atoms with Crippen molar-refractivity contribution < 1.29 is 14.4 Å². The van der Waals surface area contributed by atoms with Crippen LogP contribution < -0.4 is 16.0 Å². The quantitative estimate of drug-likeness (QED) is 0.412. The highest BCUT2D eigenvalue weighted by atomic mass is 35.5. The number of anilines is 2. The molecule has 206 valence electrons. The minimum absolute atomic E-state index is 0.182. The number of nitrogens with one attached hydrogen (secondary N) is 1. The van der Waals surface area contributed by atoms with Gasteiger partial charge in [0.25, 0.3) is 0 Å². The Kier molecular flexibility index (Phi) is 8.25. The molecule has 5 rings (SSSR count). The lowest BCUT2D eigenvalue weighted by Gasteiger charge is -2.33. The van der Waals surface area contributed by atoms with Crippen molar-refractivity contribution in [2.45, 2.75) is 5.92 Å². The van der Waals surface area contributed by atoms with Gasteiger partial charge in [0.05, 0.1) is 17.9 Å². The summed E-state index contributed by atoms with van der Waals surface area (Å²) >= 11 is 6.16. The highest BCUT2D eigenvalue weighted by molar-refractivity contribution is 6.31. The summed E-state index contributed by atoms with van der Waals surface area (Å²) in [6, 6.07) is 21.9. The molecule has 1 fully saturated rings. The Bertz CT molecular complexity index is 1440. The van der Waals surface area contributed by atoms with Crippen LogP contribution in [0.2, 0.25) is 5.02 Å². The van der Waals surface area contributed by atoms with Crippen LogP contribution in [0.1, 0.15) is 17.0 Å². The normalized spacial score (nSPS) is 17.8. The van der Waals surface area contributed by atoms with E-state index in [0.717, 1.165) is 37.3 Å². The van der Waals surface area contributed by atoms with Gasteiger partial charge >= 0.3 is 0 Å². The molecule has 3 N–H and O–H groups in total. The molecule has 0 aromatic heterocycles. The second kappa shape index (κ2) is 12.0. The second-order valence-electron chi connectivity index (χ2n) is 10.1. The first kappa shape index (κ1) is 27.5. The minimum atomic E-state index is -0.620. The molecule has 1 saturated heterocycles. The number of halogens is 1. The van der Waals surface area contributed by atoms with E-state index >= 15 is 0 Å². The molecule has 0 spiro atoms. The van der Waals surface area contributed by atoms with E-state index in [9.17, 15) is 14.4 Å². The van der Waals surface area contributed by atoms with Crippen LogP contribution in [0.3, 0.4) is 0 Å². The van der Waals surface area contributed by atoms with E-state index in [-0.39, 0.29) is 24.9 Å². The van der Waals surface area contributed by atoms with Gasteiger partial charge in [-0.15, -0.1) is 0 Å². The van der Waals surface area contributed by atoms with Crippen molar-refractivity contribution >= 4 is 52.1 Å². The van der Waals surface area contributed by atoms with Crippen molar-refractivity contribution in [2.75, 3.05) is 56.5 Å². The second-order valence-corrected chi connectivity index (χ2v) is 10.5. The summed E-state index contributed by atoms with van der Waals surface area (Å²) in [7, 11) is 2.05. The number of nitrogens with two attached hydrogens (primary N) is 1. The minimum Gasteiger partial charge on any atom is -0.368 e. The largest absolute Gasteiger partial charge is 0.368 e. The first-order valence-electron chi connectivity index (χ1n) is 13.1. The Balaban J connectivity index is 1.44. The average molecular weight is 559 g/mol. The summed E-state index contributed by atoms with van der Waals surface area (Å²) in [5.74, 6) is -1.59. The topological polar surface area (TPSA) is 111 Å². The van der Waals surface area contributed by atoms with Gasteiger partial charge in [-0.05, 0) is 54.6 Å². The van der Waals surface area contributed by atoms with E-state index in [0.29, 0.717) is 27.8 Å². The van der Waals surface area contributed by atoms with Gasteiger partial charge in [0.1, 0.15) is 12.5 Å². The number of piperazine rings is 1. The molecule has 1 atom stereocenters. The lowest BCUT2D eigenvalue weighted by Crippen LogP contribution is -2.50. The van der Waals surface area contributed by atoms with Gasteiger partial charge in [-0.1, -0.05) is 48.0 Å². The zero-order chi connectivity index (χ0) is 28.2. The molecule has 0 saturated carbocycles. The fraction of sp³-hybridized carbons (Fsp3) is 0.267. The SMILES string of the molecule is CN1CCN(CC(=O)N(CC(N)=O)c2ccc(N=C(c3ccccc3)C3C(=O)Nc4cc(Cl)ccc43)cc2)CC1. The number of nitrogens with zero attached hydrogens (tertiary/aromatic N) is 4. The van der Waals surface area contributed by atoms with E-state index in [4.69, 9.17) is 22.3 Å². The van der Waals surface area contributed by atoms with E-state index < -0.39 is 11.8 Å². The highest BCUT2D eigenvalue weighted by Crippen LogP contribution is 2.37. The summed E-state index contributed by atoms with van der Waals surface area (Å²) < 4.78 is 0. The van der Waals surface area contributed by atoms with Crippen LogP contribution >= 0.6 is 11.6 Å². The fourth-order valence-electron chi connectivity index (χ4n) is 5.02. The summed E-state index contributed by atoms with van der Waals surface area (Å²) in [5.41, 5.74) is 9.52. The fourth-order valence-corrected chi connectivity index (χ4v) is 5.19. The molecular formula is C30H31ClN6O3. The lowest BCUT2D eigenvalue weighted by atomic mass is 9.90. The van der Waals surface area contributed by atoms with Crippen LogP contribution in [0.4, 0.5) is 17.1 Å². The third kappa shape index (κ3) is 6.22. The molecule has 2 heterocycles. The molecule has 0 aliphatic carbocycles. The summed E-state index contributed by atoms with van der Waals surface area (Å²) in [4.78, 5) is 48.8. The Morgan fingerprint density at radius 3 is 2.40 bits per heavy atom. The molecule has 10 heteroatoms. The predicted octanol–water partition coefficient (Wildman–Crippen LogP) is 3.26. The highest BCUT2D eigenvalue weighted by Gasteiger charge is 2.35.